The van der Waals surface area contributed by atoms with Gasteiger partial charge >= 0.3 is 11.7 Å². The van der Waals surface area contributed by atoms with Crippen molar-refractivity contribution >= 4 is 33.3 Å². The van der Waals surface area contributed by atoms with Crippen LogP contribution in [0.15, 0.2) is 16.6 Å². The smallest absolute Gasteiger partial charge is 0.346 e. The van der Waals surface area contributed by atoms with E-state index in [-0.39, 0.29) is 16.8 Å². The second-order valence-electron chi connectivity index (χ2n) is 4.06. The standard InChI is InChI=1S/C11H13BrFN3O4/c1-3-20-10(17)11(2,14)15-7-5-4-6(12)8(13)9(7)16(18)19/h4-5,15H,3,14H2,1-2H3/t11-/m1/s1. The predicted molar refractivity (Wildman–Crippen MR) is 73.6 cm³/mol. The molecule has 1 atom stereocenters. The van der Waals surface area contributed by atoms with Crippen molar-refractivity contribution in [1.82, 2.24) is 0 Å². The van der Waals surface area contributed by atoms with Crippen molar-refractivity contribution in [2.75, 3.05) is 11.9 Å². The fraction of sp³-hybridized carbons (Fsp3) is 0.364. The van der Waals surface area contributed by atoms with E-state index in [2.05, 4.69) is 21.2 Å². The van der Waals surface area contributed by atoms with E-state index >= 15 is 0 Å². The third kappa shape index (κ3) is 3.42. The minimum absolute atomic E-state index is 0.0652. The molecule has 0 radical (unpaired) electrons. The summed E-state index contributed by atoms with van der Waals surface area (Å²) in [6, 6.07) is 2.52. The molecule has 0 aliphatic rings. The number of nitro benzene ring substituents is 1. The number of nitrogens with zero attached hydrogens (tertiary/aromatic N) is 1. The lowest BCUT2D eigenvalue weighted by atomic mass is 10.1. The third-order valence-electron chi connectivity index (χ3n) is 2.35. The minimum Gasteiger partial charge on any atom is -0.463 e. The minimum atomic E-state index is -1.72. The lowest BCUT2D eigenvalue weighted by molar-refractivity contribution is -0.386. The average molecular weight is 350 g/mol. The van der Waals surface area contributed by atoms with Gasteiger partial charge in [-0.05, 0) is 41.9 Å². The Labute approximate surface area is 122 Å². The fourth-order valence-electron chi connectivity index (χ4n) is 1.43. The van der Waals surface area contributed by atoms with E-state index in [1.54, 1.807) is 6.92 Å². The molecule has 0 spiro atoms. The van der Waals surface area contributed by atoms with Crippen LogP contribution >= 0.6 is 15.9 Å². The van der Waals surface area contributed by atoms with Gasteiger partial charge in [-0.25, -0.2) is 4.79 Å². The van der Waals surface area contributed by atoms with Gasteiger partial charge < -0.3 is 10.1 Å². The van der Waals surface area contributed by atoms with Crippen molar-refractivity contribution in [3.63, 3.8) is 0 Å². The second kappa shape index (κ2) is 6.14. The van der Waals surface area contributed by atoms with Gasteiger partial charge in [0.25, 0.3) is 0 Å². The molecule has 110 valence electrons. The molecule has 0 unspecified atom stereocenters. The summed E-state index contributed by atoms with van der Waals surface area (Å²) in [5.41, 5.74) is 2.95. The van der Waals surface area contributed by atoms with Crippen LogP contribution in [-0.4, -0.2) is 23.2 Å². The van der Waals surface area contributed by atoms with Gasteiger partial charge in [-0.2, -0.15) is 4.39 Å². The summed E-state index contributed by atoms with van der Waals surface area (Å²) in [7, 11) is 0. The molecule has 0 saturated carbocycles. The molecule has 0 aromatic heterocycles. The van der Waals surface area contributed by atoms with Crippen LogP contribution in [0.3, 0.4) is 0 Å². The molecule has 7 nitrogen and oxygen atoms in total. The number of halogens is 2. The van der Waals surface area contributed by atoms with Crippen molar-refractivity contribution in [3.8, 4) is 0 Å². The van der Waals surface area contributed by atoms with Crippen LogP contribution in [0.25, 0.3) is 0 Å². The van der Waals surface area contributed by atoms with Crippen molar-refractivity contribution in [2.24, 2.45) is 5.73 Å². The first-order chi connectivity index (χ1) is 9.20. The average Bonchev–Trinajstić information content (AvgIpc) is 2.33. The van der Waals surface area contributed by atoms with Gasteiger partial charge in [-0.1, -0.05) is 0 Å². The zero-order valence-electron chi connectivity index (χ0n) is 10.8. The molecule has 0 saturated heterocycles. The van der Waals surface area contributed by atoms with Crippen LogP contribution in [0.4, 0.5) is 15.8 Å². The Hall–Kier alpha value is -1.74. The Kier molecular flexibility index (Phi) is 5.01. The molecular weight excluding hydrogens is 337 g/mol. The number of ether oxygens (including phenoxy) is 1. The largest absolute Gasteiger partial charge is 0.463 e. The Morgan fingerprint density at radius 2 is 2.25 bits per heavy atom. The molecule has 1 aromatic carbocycles. The van der Waals surface area contributed by atoms with Crippen LogP contribution in [0.5, 0.6) is 0 Å². The van der Waals surface area contributed by atoms with E-state index in [1.165, 1.54) is 19.1 Å². The number of nitrogens with one attached hydrogen (secondary N) is 1. The first kappa shape index (κ1) is 16.3. The maximum absolute atomic E-state index is 13.8. The Bertz CT molecular complexity index is 551. The highest BCUT2D eigenvalue weighted by Gasteiger charge is 2.33. The maximum Gasteiger partial charge on any atom is 0.346 e. The second-order valence-corrected chi connectivity index (χ2v) is 4.92. The van der Waals surface area contributed by atoms with Crippen molar-refractivity contribution < 1.29 is 18.8 Å². The Balaban J connectivity index is 3.19. The third-order valence-corrected chi connectivity index (χ3v) is 2.96. The molecule has 9 heteroatoms. The highest BCUT2D eigenvalue weighted by Crippen LogP contribution is 2.33. The highest BCUT2D eigenvalue weighted by molar-refractivity contribution is 9.10. The molecule has 0 aliphatic carbocycles. The molecule has 0 bridgehead atoms. The van der Waals surface area contributed by atoms with Crippen molar-refractivity contribution in [2.45, 2.75) is 19.5 Å². The maximum atomic E-state index is 13.8. The van der Waals surface area contributed by atoms with Gasteiger partial charge in [0.2, 0.25) is 5.82 Å². The molecule has 1 aromatic rings. The first-order valence-electron chi connectivity index (χ1n) is 5.57. The van der Waals surface area contributed by atoms with Gasteiger partial charge in [-0.15, -0.1) is 0 Å². The van der Waals surface area contributed by atoms with Crippen molar-refractivity contribution in [1.29, 1.82) is 0 Å². The SMILES string of the molecule is CCOC(=O)[C@](C)(N)Nc1ccc(Br)c(F)c1[N+](=O)[O-]. The van der Waals surface area contributed by atoms with Gasteiger partial charge in [0.05, 0.1) is 16.0 Å². The number of hydrogen-bond donors (Lipinski definition) is 2. The molecule has 0 aliphatic heterocycles. The number of nitrogens with two attached hydrogens (primary N) is 1. The van der Waals surface area contributed by atoms with E-state index in [4.69, 9.17) is 10.5 Å². The van der Waals surface area contributed by atoms with Gasteiger partial charge in [0, 0.05) is 0 Å². The van der Waals surface area contributed by atoms with E-state index in [9.17, 15) is 19.3 Å². The number of anilines is 1. The molecule has 3 N–H and O–H groups in total. The summed E-state index contributed by atoms with van der Waals surface area (Å²) < 4.78 is 18.4. The Morgan fingerprint density at radius 3 is 2.75 bits per heavy atom. The zero-order valence-corrected chi connectivity index (χ0v) is 12.4. The Morgan fingerprint density at radius 1 is 1.65 bits per heavy atom. The molecule has 0 heterocycles. The predicted octanol–water partition coefficient (Wildman–Crippen LogP) is 2.15. The lowest BCUT2D eigenvalue weighted by Gasteiger charge is -2.24. The molecule has 0 amide bonds. The number of carbonyl (C=O) groups is 1. The van der Waals surface area contributed by atoms with Crippen LogP contribution < -0.4 is 11.1 Å². The van der Waals surface area contributed by atoms with E-state index in [0.29, 0.717) is 0 Å². The van der Waals surface area contributed by atoms with Crippen LogP contribution in [-0.2, 0) is 9.53 Å². The van der Waals surface area contributed by atoms with Crippen LogP contribution in [0.2, 0.25) is 0 Å². The summed E-state index contributed by atoms with van der Waals surface area (Å²) in [6.07, 6.45) is 0. The summed E-state index contributed by atoms with van der Waals surface area (Å²) in [4.78, 5) is 21.6. The number of esters is 1. The molecule has 1 rings (SSSR count). The summed E-state index contributed by atoms with van der Waals surface area (Å²) in [5.74, 6) is -1.86. The zero-order chi connectivity index (χ0) is 15.5. The number of carbonyl (C=O) groups excluding carboxylic acids is 1. The number of rotatable bonds is 5. The number of benzene rings is 1. The summed E-state index contributed by atoms with van der Waals surface area (Å²) >= 11 is 2.85. The van der Waals surface area contributed by atoms with Crippen LogP contribution in [0.1, 0.15) is 13.8 Å². The lowest BCUT2D eigenvalue weighted by Crippen LogP contribution is -2.53. The van der Waals surface area contributed by atoms with E-state index < -0.39 is 28.1 Å². The van der Waals surface area contributed by atoms with E-state index in [0.717, 1.165) is 0 Å². The summed E-state index contributed by atoms with van der Waals surface area (Å²) in [5, 5.41) is 13.3. The van der Waals surface area contributed by atoms with Gasteiger partial charge in [0.15, 0.2) is 5.66 Å². The molecule has 0 fully saturated rings. The number of hydrogen-bond acceptors (Lipinski definition) is 6. The highest BCUT2D eigenvalue weighted by atomic mass is 79.9. The quantitative estimate of drug-likeness (QED) is 0.365. The first-order valence-corrected chi connectivity index (χ1v) is 6.36. The molecule has 20 heavy (non-hydrogen) atoms. The fourth-order valence-corrected chi connectivity index (χ4v) is 1.75. The molecular formula is C11H13BrFN3O4. The topological polar surface area (TPSA) is 107 Å². The van der Waals surface area contributed by atoms with E-state index in [1.807, 2.05) is 0 Å². The van der Waals surface area contributed by atoms with Gasteiger partial charge in [0.1, 0.15) is 5.69 Å². The van der Waals surface area contributed by atoms with Crippen LogP contribution in [0, 0.1) is 15.9 Å². The summed E-state index contributed by atoms with van der Waals surface area (Å²) in [6.45, 7) is 2.97. The van der Waals surface area contributed by atoms with Crippen molar-refractivity contribution in [3.05, 3.63) is 32.5 Å². The number of nitro groups is 1. The van der Waals surface area contributed by atoms with Gasteiger partial charge in [-0.3, -0.25) is 15.8 Å². The monoisotopic (exact) mass is 349 g/mol. The normalized spacial score (nSPS) is 13.4.